The summed E-state index contributed by atoms with van der Waals surface area (Å²) in [6, 6.07) is 4.25. The van der Waals surface area contributed by atoms with Crippen molar-refractivity contribution in [2.45, 2.75) is 12.8 Å². The van der Waals surface area contributed by atoms with Gasteiger partial charge in [0.25, 0.3) is 0 Å². The van der Waals surface area contributed by atoms with Crippen molar-refractivity contribution in [3.8, 4) is 11.5 Å². The van der Waals surface area contributed by atoms with Crippen molar-refractivity contribution < 1.29 is 29.0 Å². The van der Waals surface area contributed by atoms with E-state index in [2.05, 4.69) is 10.6 Å². The summed E-state index contributed by atoms with van der Waals surface area (Å²) >= 11 is 0. The van der Waals surface area contributed by atoms with Gasteiger partial charge in [-0.1, -0.05) is 0 Å². The maximum Gasteiger partial charge on any atom is 0.325 e. The number of ether oxygens (including phenoxy) is 2. The Morgan fingerprint density at radius 2 is 2.04 bits per heavy atom. The predicted molar refractivity (Wildman–Crippen MR) is 86.5 cm³/mol. The van der Waals surface area contributed by atoms with Gasteiger partial charge >= 0.3 is 12.0 Å². The van der Waals surface area contributed by atoms with Crippen molar-refractivity contribution in [3.05, 3.63) is 18.2 Å². The molecule has 0 saturated carbocycles. The van der Waals surface area contributed by atoms with Crippen LogP contribution in [0.2, 0.25) is 0 Å². The van der Waals surface area contributed by atoms with E-state index in [4.69, 9.17) is 14.6 Å². The molecule has 0 spiro atoms. The molecule has 25 heavy (non-hydrogen) atoms. The van der Waals surface area contributed by atoms with Crippen LogP contribution in [0.3, 0.4) is 0 Å². The monoisotopic (exact) mass is 349 g/mol. The van der Waals surface area contributed by atoms with Crippen molar-refractivity contribution in [2.75, 3.05) is 31.7 Å². The summed E-state index contributed by atoms with van der Waals surface area (Å²) in [6.45, 7) is 1.07. The number of piperidine rings is 1. The van der Waals surface area contributed by atoms with Crippen LogP contribution in [-0.2, 0) is 9.59 Å². The zero-order chi connectivity index (χ0) is 17.8. The third kappa shape index (κ3) is 4.38. The van der Waals surface area contributed by atoms with E-state index >= 15 is 0 Å². The number of hydrogen-bond donors (Lipinski definition) is 3. The van der Waals surface area contributed by atoms with Crippen LogP contribution in [0.25, 0.3) is 0 Å². The molecule has 9 heteroatoms. The van der Waals surface area contributed by atoms with Crippen LogP contribution >= 0.6 is 0 Å². The summed E-state index contributed by atoms with van der Waals surface area (Å²) in [5.41, 5.74) is 0.471. The number of carboxylic acid groups (broad SMARTS) is 1. The number of imide groups is 1. The van der Waals surface area contributed by atoms with Gasteiger partial charge in [-0.3, -0.25) is 19.8 Å². The Morgan fingerprint density at radius 3 is 2.84 bits per heavy atom. The smallest absolute Gasteiger partial charge is 0.325 e. The van der Waals surface area contributed by atoms with Crippen molar-refractivity contribution in [1.82, 2.24) is 10.2 Å². The first-order valence-electron chi connectivity index (χ1n) is 7.97. The van der Waals surface area contributed by atoms with E-state index in [1.165, 1.54) is 0 Å². The summed E-state index contributed by atoms with van der Waals surface area (Å²) in [6.07, 6.45) is 1.33. The molecule has 0 bridgehead atoms. The highest BCUT2D eigenvalue weighted by molar-refractivity contribution is 6.01. The largest absolute Gasteiger partial charge is 0.481 e. The van der Waals surface area contributed by atoms with E-state index in [-0.39, 0.29) is 13.3 Å². The molecule has 3 amide bonds. The van der Waals surface area contributed by atoms with Gasteiger partial charge in [0.05, 0.1) is 12.5 Å². The van der Waals surface area contributed by atoms with E-state index in [9.17, 15) is 14.4 Å². The summed E-state index contributed by atoms with van der Waals surface area (Å²) < 4.78 is 10.4. The first-order chi connectivity index (χ1) is 12.0. The first kappa shape index (κ1) is 17.0. The minimum Gasteiger partial charge on any atom is -0.481 e. The molecule has 1 unspecified atom stereocenters. The Kier molecular flexibility index (Phi) is 5.03. The van der Waals surface area contributed by atoms with Crippen LogP contribution in [0.1, 0.15) is 12.8 Å². The number of nitrogens with zero attached hydrogens (tertiary/aromatic N) is 1. The van der Waals surface area contributed by atoms with Gasteiger partial charge in [0, 0.05) is 18.3 Å². The van der Waals surface area contributed by atoms with Crippen LogP contribution < -0.4 is 20.1 Å². The zero-order valence-corrected chi connectivity index (χ0v) is 13.5. The van der Waals surface area contributed by atoms with Crippen molar-refractivity contribution in [3.63, 3.8) is 0 Å². The van der Waals surface area contributed by atoms with Gasteiger partial charge in [-0.25, -0.2) is 4.79 Å². The van der Waals surface area contributed by atoms with Gasteiger partial charge in [-0.15, -0.1) is 0 Å². The number of rotatable bonds is 4. The lowest BCUT2D eigenvalue weighted by Gasteiger charge is -2.29. The molecule has 1 aromatic rings. The molecule has 1 atom stereocenters. The molecule has 0 aromatic heterocycles. The van der Waals surface area contributed by atoms with Crippen LogP contribution in [0.4, 0.5) is 10.5 Å². The molecule has 2 aliphatic rings. The molecule has 9 nitrogen and oxygen atoms in total. The number of carbonyl (C=O) groups is 3. The van der Waals surface area contributed by atoms with Gasteiger partial charge in [0.2, 0.25) is 12.7 Å². The number of carboxylic acids is 1. The minimum absolute atomic E-state index is 0.0155. The lowest BCUT2D eigenvalue weighted by molar-refractivity contribution is -0.144. The molecule has 0 aliphatic carbocycles. The fourth-order valence-electron chi connectivity index (χ4n) is 2.91. The highest BCUT2D eigenvalue weighted by Crippen LogP contribution is 2.34. The topological polar surface area (TPSA) is 117 Å². The Labute approximate surface area is 143 Å². The van der Waals surface area contributed by atoms with E-state index in [1.807, 2.05) is 0 Å². The fourth-order valence-corrected chi connectivity index (χ4v) is 2.91. The van der Waals surface area contributed by atoms with Gasteiger partial charge in [-0.05, 0) is 31.5 Å². The average molecular weight is 349 g/mol. The molecule has 2 aliphatic heterocycles. The minimum atomic E-state index is -0.856. The molecule has 3 N–H and O–H groups in total. The third-order valence-corrected chi connectivity index (χ3v) is 4.11. The molecule has 1 aromatic carbocycles. The normalized spacial score (nSPS) is 19.3. The lowest BCUT2D eigenvalue weighted by Crippen LogP contribution is -2.46. The average Bonchev–Trinajstić information content (AvgIpc) is 3.02. The van der Waals surface area contributed by atoms with Gasteiger partial charge in [0.1, 0.15) is 0 Å². The first-order valence-corrected chi connectivity index (χ1v) is 7.97. The Morgan fingerprint density at radius 1 is 1.24 bits per heavy atom. The molecule has 1 saturated heterocycles. The highest BCUT2D eigenvalue weighted by Gasteiger charge is 2.26. The van der Waals surface area contributed by atoms with E-state index in [1.54, 1.807) is 23.1 Å². The van der Waals surface area contributed by atoms with E-state index < -0.39 is 23.8 Å². The zero-order valence-electron chi connectivity index (χ0n) is 13.5. The number of likely N-dealkylation sites (tertiary alicyclic amines) is 1. The fraction of sp³-hybridized carbons (Fsp3) is 0.438. The van der Waals surface area contributed by atoms with Crippen LogP contribution in [0.15, 0.2) is 18.2 Å². The second-order valence-electron chi connectivity index (χ2n) is 5.98. The molecule has 0 radical (unpaired) electrons. The number of carbonyl (C=O) groups excluding carboxylic acids is 2. The van der Waals surface area contributed by atoms with Gasteiger partial charge in [-0.2, -0.15) is 0 Å². The van der Waals surface area contributed by atoms with E-state index in [0.29, 0.717) is 43.1 Å². The predicted octanol–water partition coefficient (Wildman–Crippen LogP) is 0.860. The number of anilines is 1. The Hall–Kier alpha value is -2.81. The molecule has 3 rings (SSSR count). The van der Waals surface area contributed by atoms with Crippen LogP contribution in [0, 0.1) is 5.92 Å². The summed E-state index contributed by atoms with van der Waals surface area (Å²) in [4.78, 5) is 36.7. The molecule has 2 heterocycles. The maximum atomic E-state index is 12.0. The number of aliphatic carboxylic acids is 1. The van der Waals surface area contributed by atoms with Crippen LogP contribution in [0.5, 0.6) is 11.5 Å². The maximum absolute atomic E-state index is 12.0. The quantitative estimate of drug-likeness (QED) is 0.738. The lowest BCUT2D eigenvalue weighted by atomic mass is 9.98. The molecular weight excluding hydrogens is 330 g/mol. The number of fused-ring (bicyclic) bond motifs is 1. The van der Waals surface area contributed by atoms with Crippen molar-refractivity contribution >= 4 is 23.6 Å². The number of nitrogens with one attached hydrogen (secondary N) is 2. The van der Waals surface area contributed by atoms with Gasteiger partial charge < -0.3 is 19.9 Å². The third-order valence-electron chi connectivity index (χ3n) is 4.11. The van der Waals surface area contributed by atoms with Crippen molar-refractivity contribution in [1.29, 1.82) is 0 Å². The van der Waals surface area contributed by atoms with Crippen LogP contribution in [-0.4, -0.2) is 54.3 Å². The number of benzene rings is 1. The van der Waals surface area contributed by atoms with Crippen molar-refractivity contribution in [2.24, 2.45) is 5.92 Å². The second kappa shape index (κ2) is 7.39. The highest BCUT2D eigenvalue weighted by atomic mass is 16.7. The Bertz CT molecular complexity index is 692. The molecule has 1 fully saturated rings. The number of amides is 3. The second-order valence-corrected chi connectivity index (χ2v) is 5.98. The summed E-state index contributed by atoms with van der Waals surface area (Å²) in [7, 11) is 0. The van der Waals surface area contributed by atoms with E-state index in [0.717, 1.165) is 0 Å². The Balaban J connectivity index is 1.47. The summed E-state index contributed by atoms with van der Waals surface area (Å²) in [5.74, 6) is -0.684. The number of urea groups is 1. The molecule has 134 valence electrons. The standard InChI is InChI=1S/C16H19N3O6/c20-14(8-19-5-1-2-10(7-19)15(21)22)18-16(23)17-11-3-4-12-13(6-11)25-9-24-12/h3-4,6,10H,1-2,5,7-9H2,(H,21,22)(H2,17,18,20,23). The van der Waals surface area contributed by atoms with Gasteiger partial charge in [0.15, 0.2) is 11.5 Å². The molecular formula is C16H19N3O6. The SMILES string of the molecule is O=C(CN1CCCC(C(=O)O)C1)NC(=O)Nc1ccc2c(c1)OCO2. The number of hydrogen-bond acceptors (Lipinski definition) is 6. The summed E-state index contributed by atoms with van der Waals surface area (Å²) in [5, 5.41) is 13.8.